The maximum atomic E-state index is 12.5. The number of ketones is 1. The Balaban J connectivity index is 3.16. The average molecular weight is 355 g/mol. The molecule has 0 aliphatic rings. The third kappa shape index (κ3) is 3.61. The zero-order valence-electron chi connectivity index (χ0n) is 9.82. The number of Topliss-reactive ketones (excluding diaryl/α,β-unsaturated/α-hetero) is 1. The fourth-order valence-corrected chi connectivity index (χ4v) is 1.66. The van der Waals surface area contributed by atoms with Gasteiger partial charge in [-0.3, -0.25) is 4.79 Å². The summed E-state index contributed by atoms with van der Waals surface area (Å²) in [5.74, 6) is -1.58. The molecule has 0 fully saturated rings. The van der Waals surface area contributed by atoms with Gasteiger partial charge >= 0.3 is 12.4 Å². The van der Waals surface area contributed by atoms with Crippen LogP contribution in [0.2, 0.25) is 10.0 Å². The third-order valence-corrected chi connectivity index (χ3v) is 3.33. The second-order valence-corrected chi connectivity index (χ2v) is 4.90. The molecule has 0 bridgehead atoms. The average Bonchev–Trinajstić information content (AvgIpc) is 2.29. The van der Waals surface area contributed by atoms with Crippen molar-refractivity contribution in [2.24, 2.45) is 0 Å². The van der Waals surface area contributed by atoms with Gasteiger partial charge in [0, 0.05) is 5.56 Å². The number of alkyl halides is 6. The minimum atomic E-state index is -6.06. The fourth-order valence-electron chi connectivity index (χ4n) is 1.37. The summed E-state index contributed by atoms with van der Waals surface area (Å²) in [5, 5.41) is 8.66. The summed E-state index contributed by atoms with van der Waals surface area (Å²) in [6.07, 6.45) is -14.3. The first-order valence-electron chi connectivity index (χ1n) is 5.13. The van der Waals surface area contributed by atoms with Crippen LogP contribution in [-0.2, 0) is 0 Å². The van der Waals surface area contributed by atoms with E-state index in [0.717, 1.165) is 18.2 Å². The number of hydrogen-bond donors (Lipinski definition) is 1. The molecule has 0 saturated carbocycles. The Morgan fingerprint density at radius 3 is 1.86 bits per heavy atom. The first-order valence-corrected chi connectivity index (χ1v) is 5.89. The summed E-state index contributed by atoms with van der Waals surface area (Å²) in [7, 11) is 0. The molecule has 0 heterocycles. The normalized spacial score (nSPS) is 13.4. The van der Waals surface area contributed by atoms with Gasteiger partial charge in [-0.25, -0.2) is 0 Å². The van der Waals surface area contributed by atoms with Crippen molar-refractivity contribution in [1.82, 2.24) is 0 Å². The van der Waals surface area contributed by atoms with E-state index < -0.39 is 35.7 Å². The zero-order valence-corrected chi connectivity index (χ0v) is 11.3. The van der Waals surface area contributed by atoms with Crippen molar-refractivity contribution < 1.29 is 36.2 Å². The first-order chi connectivity index (χ1) is 9.29. The van der Waals surface area contributed by atoms with E-state index in [1.54, 1.807) is 0 Å². The fraction of sp³-hybridized carbons (Fsp3) is 0.364. The predicted molar refractivity (Wildman–Crippen MR) is 62.5 cm³/mol. The summed E-state index contributed by atoms with van der Waals surface area (Å²) in [6.45, 7) is 0. The maximum absolute atomic E-state index is 12.5. The predicted octanol–water partition coefficient (Wildman–Crippen LogP) is 4.42. The Morgan fingerprint density at radius 2 is 1.48 bits per heavy atom. The van der Waals surface area contributed by atoms with Crippen molar-refractivity contribution in [1.29, 1.82) is 0 Å². The molecule has 0 spiro atoms. The molecule has 1 aromatic rings. The quantitative estimate of drug-likeness (QED) is 0.644. The molecule has 0 atom stereocenters. The molecule has 2 nitrogen and oxygen atoms in total. The molecule has 10 heteroatoms. The SMILES string of the molecule is O=C(CC(O)(C(F)(F)F)C(F)(F)F)c1ccc(Cl)c(Cl)c1. The van der Waals surface area contributed by atoms with E-state index in [0.29, 0.717) is 0 Å². The molecular weight excluding hydrogens is 349 g/mol. The molecule has 118 valence electrons. The van der Waals surface area contributed by atoms with E-state index >= 15 is 0 Å². The van der Waals surface area contributed by atoms with Gasteiger partial charge in [0.25, 0.3) is 5.60 Å². The van der Waals surface area contributed by atoms with E-state index in [1.165, 1.54) is 0 Å². The van der Waals surface area contributed by atoms with Gasteiger partial charge in [0.1, 0.15) is 0 Å². The number of hydrogen-bond acceptors (Lipinski definition) is 2. The highest BCUT2D eigenvalue weighted by atomic mass is 35.5. The highest BCUT2D eigenvalue weighted by molar-refractivity contribution is 6.42. The Kier molecular flexibility index (Phi) is 4.87. The molecule has 1 rings (SSSR count). The number of halogens is 8. The van der Waals surface area contributed by atoms with Crippen LogP contribution in [0.5, 0.6) is 0 Å². The lowest BCUT2D eigenvalue weighted by atomic mass is 9.92. The van der Waals surface area contributed by atoms with Crippen LogP contribution in [0.1, 0.15) is 16.8 Å². The highest BCUT2D eigenvalue weighted by Crippen LogP contribution is 2.45. The van der Waals surface area contributed by atoms with E-state index in [9.17, 15) is 31.1 Å². The van der Waals surface area contributed by atoms with Gasteiger partial charge in [-0.05, 0) is 18.2 Å². The van der Waals surface area contributed by atoms with Gasteiger partial charge in [-0.1, -0.05) is 23.2 Å². The Bertz CT molecular complexity index is 539. The topological polar surface area (TPSA) is 37.3 Å². The van der Waals surface area contributed by atoms with Crippen molar-refractivity contribution in [3.8, 4) is 0 Å². The molecular formula is C11H6Cl2F6O2. The highest BCUT2D eigenvalue weighted by Gasteiger charge is 2.70. The van der Waals surface area contributed by atoms with Crippen LogP contribution in [0.25, 0.3) is 0 Å². The molecule has 0 aliphatic carbocycles. The lowest BCUT2D eigenvalue weighted by molar-refractivity contribution is -0.365. The molecule has 1 N–H and O–H groups in total. The summed E-state index contributed by atoms with van der Waals surface area (Å²) in [5.41, 5.74) is -5.67. The van der Waals surface area contributed by atoms with Crippen LogP contribution < -0.4 is 0 Å². The smallest absolute Gasteiger partial charge is 0.373 e. The van der Waals surface area contributed by atoms with Crippen LogP contribution in [0.3, 0.4) is 0 Å². The molecule has 0 unspecified atom stereocenters. The minimum Gasteiger partial charge on any atom is -0.373 e. The van der Waals surface area contributed by atoms with Gasteiger partial charge in [0.05, 0.1) is 16.5 Å². The molecule has 0 radical (unpaired) electrons. The molecule has 1 aromatic carbocycles. The van der Waals surface area contributed by atoms with E-state index in [4.69, 9.17) is 28.3 Å². The first kappa shape index (κ1) is 18.1. The van der Waals surface area contributed by atoms with Crippen molar-refractivity contribution in [2.75, 3.05) is 0 Å². The number of aliphatic hydroxyl groups is 1. The number of rotatable bonds is 3. The largest absolute Gasteiger partial charge is 0.426 e. The minimum absolute atomic E-state index is 0.0323. The zero-order chi connectivity index (χ0) is 16.6. The maximum Gasteiger partial charge on any atom is 0.426 e. The van der Waals surface area contributed by atoms with Crippen molar-refractivity contribution in [3.63, 3.8) is 0 Å². The summed E-state index contributed by atoms with van der Waals surface area (Å²) in [6, 6.07) is 2.76. The summed E-state index contributed by atoms with van der Waals surface area (Å²) < 4.78 is 74.7. The Hall–Kier alpha value is -0.990. The van der Waals surface area contributed by atoms with Crippen LogP contribution >= 0.6 is 23.2 Å². The van der Waals surface area contributed by atoms with Gasteiger partial charge < -0.3 is 5.11 Å². The van der Waals surface area contributed by atoms with Crippen LogP contribution in [0.4, 0.5) is 26.3 Å². The molecule has 21 heavy (non-hydrogen) atoms. The van der Waals surface area contributed by atoms with Gasteiger partial charge in [0.15, 0.2) is 5.78 Å². The van der Waals surface area contributed by atoms with Crippen LogP contribution in [0, 0.1) is 0 Å². The van der Waals surface area contributed by atoms with E-state index in [2.05, 4.69) is 0 Å². The van der Waals surface area contributed by atoms with Gasteiger partial charge in [-0.2, -0.15) is 26.3 Å². The number of benzene rings is 1. The lowest BCUT2D eigenvalue weighted by Gasteiger charge is -2.31. The number of carbonyl (C=O) groups is 1. The van der Waals surface area contributed by atoms with E-state index in [1.807, 2.05) is 0 Å². The van der Waals surface area contributed by atoms with Gasteiger partial charge in [-0.15, -0.1) is 0 Å². The van der Waals surface area contributed by atoms with Crippen molar-refractivity contribution in [2.45, 2.75) is 24.4 Å². The molecule has 0 amide bonds. The lowest BCUT2D eigenvalue weighted by Crippen LogP contribution is -2.57. The third-order valence-electron chi connectivity index (χ3n) is 2.60. The van der Waals surface area contributed by atoms with E-state index in [-0.39, 0.29) is 10.0 Å². The second-order valence-electron chi connectivity index (χ2n) is 4.08. The molecule has 0 aromatic heterocycles. The van der Waals surface area contributed by atoms with Crippen LogP contribution in [-0.4, -0.2) is 28.8 Å². The van der Waals surface area contributed by atoms with Crippen molar-refractivity contribution in [3.05, 3.63) is 33.8 Å². The van der Waals surface area contributed by atoms with Gasteiger partial charge in [0.2, 0.25) is 0 Å². The standard InChI is InChI=1S/C11H6Cl2F6O2/c12-6-2-1-5(3-7(6)13)8(20)4-9(21,10(14,15)16)11(17,18)19/h1-3,21H,4H2. The number of carbonyl (C=O) groups excluding carboxylic acids is 1. The Labute approximate surface area is 124 Å². The summed E-state index contributed by atoms with van der Waals surface area (Å²) >= 11 is 11.0. The molecule has 0 saturated heterocycles. The second kappa shape index (κ2) is 5.66. The summed E-state index contributed by atoms with van der Waals surface area (Å²) in [4.78, 5) is 11.6. The van der Waals surface area contributed by atoms with Crippen LogP contribution in [0.15, 0.2) is 18.2 Å². The molecule has 0 aliphatic heterocycles. The van der Waals surface area contributed by atoms with Crippen molar-refractivity contribution >= 4 is 29.0 Å². The Morgan fingerprint density at radius 1 is 1.00 bits per heavy atom. The monoisotopic (exact) mass is 354 g/mol.